The second-order valence-corrected chi connectivity index (χ2v) is 8.61. The standard InChI is InChI=1S/C23H28F3N5O5/c1-3-35-5-4-27-22-29-11(2)18(21(31-22)30-14-6-13(10-32)19(33)20(14)34)15-7-12-8-17(23(24,25)26)28-9-16(12)36-15/h7-9,13-14,19-20,32-34H,3-6,10H2,1-2H3,(H2,27,29,30,31)/t13-,14-,19-,20+/m1/s1. The average molecular weight is 512 g/mol. The van der Waals surface area contributed by atoms with Gasteiger partial charge in [0.25, 0.3) is 0 Å². The number of hydrogen-bond donors (Lipinski definition) is 5. The van der Waals surface area contributed by atoms with Crippen molar-refractivity contribution in [1.82, 2.24) is 15.0 Å². The van der Waals surface area contributed by atoms with Crippen LogP contribution in [-0.4, -0.2) is 74.9 Å². The van der Waals surface area contributed by atoms with E-state index in [0.29, 0.717) is 31.0 Å². The monoisotopic (exact) mass is 511 g/mol. The van der Waals surface area contributed by atoms with Gasteiger partial charge >= 0.3 is 6.18 Å². The fourth-order valence-electron chi connectivity index (χ4n) is 4.28. The lowest BCUT2D eigenvalue weighted by atomic mass is 10.1. The molecular formula is C23H28F3N5O5. The maximum absolute atomic E-state index is 13.1. The number of halogens is 3. The number of nitrogens with zero attached hydrogens (tertiary/aromatic N) is 3. The van der Waals surface area contributed by atoms with Crippen molar-refractivity contribution in [3.8, 4) is 11.3 Å². The molecule has 0 amide bonds. The van der Waals surface area contributed by atoms with Gasteiger partial charge in [-0.1, -0.05) is 0 Å². The third-order valence-corrected chi connectivity index (χ3v) is 6.12. The van der Waals surface area contributed by atoms with Crippen LogP contribution in [0.5, 0.6) is 0 Å². The molecule has 5 N–H and O–H groups in total. The Morgan fingerprint density at radius 3 is 2.64 bits per heavy atom. The number of furan rings is 1. The highest BCUT2D eigenvalue weighted by Gasteiger charge is 2.41. The Kier molecular flexibility index (Phi) is 7.64. The summed E-state index contributed by atoms with van der Waals surface area (Å²) in [6, 6.07) is 1.70. The zero-order chi connectivity index (χ0) is 26.0. The van der Waals surface area contributed by atoms with Crippen molar-refractivity contribution in [1.29, 1.82) is 0 Å². The summed E-state index contributed by atoms with van der Waals surface area (Å²) in [6.07, 6.45) is -5.62. The molecule has 0 spiro atoms. The van der Waals surface area contributed by atoms with E-state index in [9.17, 15) is 28.5 Å². The molecule has 10 nitrogen and oxygen atoms in total. The van der Waals surface area contributed by atoms with Gasteiger partial charge in [0.05, 0.1) is 36.2 Å². The summed E-state index contributed by atoms with van der Waals surface area (Å²) < 4.78 is 50.5. The van der Waals surface area contributed by atoms with Crippen LogP contribution in [0.25, 0.3) is 22.3 Å². The van der Waals surface area contributed by atoms with Crippen LogP contribution in [-0.2, 0) is 10.9 Å². The average Bonchev–Trinajstić information content (AvgIpc) is 3.36. The first-order chi connectivity index (χ1) is 17.1. The molecule has 3 aromatic rings. The van der Waals surface area contributed by atoms with Gasteiger partial charge in [-0.3, -0.25) is 0 Å². The summed E-state index contributed by atoms with van der Waals surface area (Å²) in [5, 5.41) is 36.6. The smallest absolute Gasteiger partial charge is 0.433 e. The van der Waals surface area contributed by atoms with Gasteiger partial charge in [-0.15, -0.1) is 0 Å². The van der Waals surface area contributed by atoms with E-state index < -0.39 is 36.0 Å². The first-order valence-corrected chi connectivity index (χ1v) is 11.5. The fourth-order valence-corrected chi connectivity index (χ4v) is 4.28. The number of pyridine rings is 1. The summed E-state index contributed by atoms with van der Waals surface area (Å²) in [5.41, 5.74) is -0.0509. The minimum Gasteiger partial charge on any atom is -0.454 e. The minimum atomic E-state index is -4.60. The van der Waals surface area contributed by atoms with Crippen molar-refractivity contribution in [2.45, 2.75) is 44.7 Å². The van der Waals surface area contributed by atoms with Crippen molar-refractivity contribution in [3.05, 3.63) is 29.7 Å². The molecule has 4 atom stereocenters. The second-order valence-electron chi connectivity index (χ2n) is 8.61. The molecule has 0 radical (unpaired) electrons. The molecule has 1 fully saturated rings. The number of rotatable bonds is 9. The van der Waals surface area contributed by atoms with E-state index >= 15 is 0 Å². The Bertz CT molecular complexity index is 1200. The Morgan fingerprint density at radius 2 is 1.97 bits per heavy atom. The van der Waals surface area contributed by atoms with Crippen LogP contribution in [0.1, 0.15) is 24.7 Å². The summed E-state index contributed by atoms with van der Waals surface area (Å²) in [4.78, 5) is 12.4. The second kappa shape index (κ2) is 10.5. The number of aromatic nitrogens is 3. The quantitative estimate of drug-likeness (QED) is 0.272. The molecule has 13 heteroatoms. The van der Waals surface area contributed by atoms with Crippen LogP contribution in [0.3, 0.4) is 0 Å². The zero-order valence-corrected chi connectivity index (χ0v) is 19.7. The molecule has 36 heavy (non-hydrogen) atoms. The van der Waals surface area contributed by atoms with Crippen LogP contribution >= 0.6 is 0 Å². The van der Waals surface area contributed by atoms with E-state index in [2.05, 4.69) is 25.6 Å². The van der Waals surface area contributed by atoms with E-state index in [1.54, 1.807) is 6.92 Å². The highest BCUT2D eigenvalue weighted by Crippen LogP contribution is 2.38. The van der Waals surface area contributed by atoms with Gasteiger partial charge in [0.15, 0.2) is 5.58 Å². The number of ether oxygens (including phenoxy) is 1. The molecule has 0 aromatic carbocycles. The summed E-state index contributed by atoms with van der Waals surface area (Å²) in [6.45, 7) is 4.68. The molecule has 0 unspecified atom stereocenters. The number of hydrogen-bond acceptors (Lipinski definition) is 10. The molecule has 1 aliphatic carbocycles. The molecule has 196 valence electrons. The number of aliphatic hydroxyl groups is 3. The predicted molar refractivity (Wildman–Crippen MR) is 124 cm³/mol. The van der Waals surface area contributed by atoms with E-state index in [1.165, 1.54) is 6.07 Å². The van der Waals surface area contributed by atoms with Gasteiger partial charge in [0.1, 0.15) is 23.4 Å². The largest absolute Gasteiger partial charge is 0.454 e. The highest BCUT2D eigenvalue weighted by atomic mass is 19.4. The molecule has 4 rings (SSSR count). The molecule has 0 aliphatic heterocycles. The van der Waals surface area contributed by atoms with Gasteiger partial charge in [-0.2, -0.15) is 18.2 Å². The predicted octanol–water partition coefficient (Wildman–Crippen LogP) is 2.57. The first-order valence-electron chi connectivity index (χ1n) is 11.5. The third-order valence-electron chi connectivity index (χ3n) is 6.12. The van der Waals surface area contributed by atoms with Crippen LogP contribution in [0.2, 0.25) is 0 Å². The van der Waals surface area contributed by atoms with Crippen LogP contribution in [0.4, 0.5) is 24.9 Å². The Balaban J connectivity index is 1.73. The summed E-state index contributed by atoms with van der Waals surface area (Å²) >= 11 is 0. The van der Waals surface area contributed by atoms with Crippen molar-refractivity contribution >= 4 is 22.7 Å². The maximum Gasteiger partial charge on any atom is 0.433 e. The van der Waals surface area contributed by atoms with Gasteiger partial charge in [0, 0.05) is 31.1 Å². The van der Waals surface area contributed by atoms with Crippen LogP contribution in [0.15, 0.2) is 22.7 Å². The van der Waals surface area contributed by atoms with E-state index in [1.807, 2.05) is 6.92 Å². The Hall–Kier alpha value is -3.00. The number of nitrogens with one attached hydrogen (secondary N) is 2. The lowest BCUT2D eigenvalue weighted by Gasteiger charge is -2.21. The lowest BCUT2D eigenvalue weighted by molar-refractivity contribution is -0.141. The molecular weight excluding hydrogens is 483 g/mol. The summed E-state index contributed by atoms with van der Waals surface area (Å²) in [7, 11) is 0. The molecule has 3 heterocycles. The van der Waals surface area contributed by atoms with Crippen molar-refractivity contribution in [2.24, 2.45) is 5.92 Å². The maximum atomic E-state index is 13.1. The minimum absolute atomic E-state index is 0.152. The molecule has 0 bridgehead atoms. The van der Waals surface area contributed by atoms with Crippen LogP contribution < -0.4 is 10.6 Å². The first kappa shape index (κ1) is 26.1. The van der Waals surface area contributed by atoms with Gasteiger partial charge in [-0.05, 0) is 32.4 Å². The Morgan fingerprint density at radius 1 is 1.19 bits per heavy atom. The van der Waals surface area contributed by atoms with Crippen molar-refractivity contribution in [3.63, 3.8) is 0 Å². The van der Waals surface area contributed by atoms with Gasteiger partial charge in [-0.25, -0.2) is 9.97 Å². The topological polar surface area (TPSA) is 146 Å². The molecule has 3 aromatic heterocycles. The number of fused-ring (bicyclic) bond motifs is 1. The lowest BCUT2D eigenvalue weighted by Crippen LogP contribution is -2.35. The van der Waals surface area contributed by atoms with E-state index in [4.69, 9.17) is 9.15 Å². The molecule has 0 saturated heterocycles. The van der Waals surface area contributed by atoms with E-state index in [-0.39, 0.29) is 41.5 Å². The number of aliphatic hydroxyl groups excluding tert-OH is 3. The van der Waals surface area contributed by atoms with Crippen LogP contribution in [0, 0.1) is 12.8 Å². The number of alkyl halides is 3. The SMILES string of the molecule is CCOCCNc1nc(C)c(-c2cc3cc(C(F)(F)F)ncc3o2)c(N[C@@H]2C[C@H](CO)[C@@H](O)[C@H]2O)n1. The van der Waals surface area contributed by atoms with E-state index in [0.717, 1.165) is 12.3 Å². The normalized spacial score (nSPS) is 22.3. The summed E-state index contributed by atoms with van der Waals surface area (Å²) in [5.74, 6) is 0.200. The fraction of sp³-hybridized carbons (Fsp3) is 0.522. The molecule has 1 aliphatic rings. The van der Waals surface area contributed by atoms with Crippen molar-refractivity contribution < 1.29 is 37.6 Å². The highest BCUT2D eigenvalue weighted by molar-refractivity contribution is 5.86. The molecule has 1 saturated carbocycles. The number of anilines is 2. The van der Waals surface area contributed by atoms with Gasteiger partial charge < -0.3 is 35.1 Å². The van der Waals surface area contributed by atoms with Gasteiger partial charge in [0.2, 0.25) is 5.95 Å². The van der Waals surface area contributed by atoms with Crippen molar-refractivity contribution in [2.75, 3.05) is 37.0 Å². The number of aryl methyl sites for hydroxylation is 1. The third kappa shape index (κ3) is 5.38. The Labute approximate surface area is 204 Å². The zero-order valence-electron chi connectivity index (χ0n) is 19.7.